The van der Waals surface area contributed by atoms with Crippen LogP contribution in [0.1, 0.15) is 38.2 Å². The second-order valence-electron chi connectivity index (χ2n) is 7.99. The zero-order valence-electron chi connectivity index (χ0n) is 18.1. The van der Waals surface area contributed by atoms with Gasteiger partial charge in [-0.2, -0.15) is 0 Å². The highest BCUT2D eigenvalue weighted by molar-refractivity contribution is 6.36. The predicted molar refractivity (Wildman–Crippen MR) is 122 cm³/mol. The van der Waals surface area contributed by atoms with E-state index in [-0.39, 0.29) is 55.0 Å². The quantitative estimate of drug-likeness (QED) is 0.458. The Morgan fingerprint density at radius 2 is 1.69 bits per heavy atom. The molecule has 1 aromatic carbocycles. The minimum absolute atomic E-state index is 0.0135. The summed E-state index contributed by atoms with van der Waals surface area (Å²) < 4.78 is 0. The number of benzene rings is 1. The molecule has 1 aliphatic heterocycles. The van der Waals surface area contributed by atoms with Crippen LogP contribution in [-0.4, -0.2) is 53.1 Å². The van der Waals surface area contributed by atoms with Gasteiger partial charge in [0.15, 0.2) is 0 Å². The molecule has 3 rings (SSSR count). The number of likely N-dealkylation sites (N-methyl/N-ethyl adjacent to an activating group) is 1. The van der Waals surface area contributed by atoms with Crippen molar-refractivity contribution >= 4 is 46.8 Å². The molecule has 0 spiro atoms. The maximum atomic E-state index is 13.3. The van der Waals surface area contributed by atoms with E-state index in [0.717, 1.165) is 0 Å². The summed E-state index contributed by atoms with van der Waals surface area (Å²) in [5.74, 6) is -1.79. The van der Waals surface area contributed by atoms with Crippen LogP contribution < -0.4 is 5.32 Å². The number of hydrogen-bond acceptors (Lipinski definition) is 4. The highest BCUT2D eigenvalue weighted by Crippen LogP contribution is 2.35. The summed E-state index contributed by atoms with van der Waals surface area (Å²) in [7, 11) is 1.51. The molecular formula is C23H27Cl2N3O4. The lowest BCUT2D eigenvalue weighted by Crippen LogP contribution is -2.49. The Kier molecular flexibility index (Phi) is 7.96. The number of hydrogen-bond donors (Lipinski definition) is 1. The van der Waals surface area contributed by atoms with E-state index >= 15 is 0 Å². The van der Waals surface area contributed by atoms with Gasteiger partial charge in [0.05, 0.1) is 11.8 Å². The van der Waals surface area contributed by atoms with Gasteiger partial charge >= 0.3 is 0 Å². The molecule has 0 radical (unpaired) electrons. The van der Waals surface area contributed by atoms with Crippen LogP contribution in [0.15, 0.2) is 30.4 Å². The molecule has 1 N–H and O–H groups in total. The summed E-state index contributed by atoms with van der Waals surface area (Å²) in [4.78, 5) is 53.8. The summed E-state index contributed by atoms with van der Waals surface area (Å²) in [6, 6.07) is 4.30. The molecular weight excluding hydrogens is 453 g/mol. The molecule has 1 saturated heterocycles. The Morgan fingerprint density at radius 1 is 1.12 bits per heavy atom. The second kappa shape index (κ2) is 10.5. The van der Waals surface area contributed by atoms with E-state index in [9.17, 15) is 19.2 Å². The van der Waals surface area contributed by atoms with Crippen molar-refractivity contribution in [1.29, 1.82) is 0 Å². The zero-order valence-corrected chi connectivity index (χ0v) is 19.7. The normalized spacial score (nSPS) is 20.8. The van der Waals surface area contributed by atoms with Crippen LogP contribution in [0.3, 0.4) is 0 Å². The van der Waals surface area contributed by atoms with E-state index in [2.05, 4.69) is 5.32 Å². The van der Waals surface area contributed by atoms with Crippen molar-refractivity contribution < 1.29 is 19.2 Å². The number of rotatable bonds is 8. The predicted octanol–water partition coefficient (Wildman–Crippen LogP) is 3.19. The van der Waals surface area contributed by atoms with Crippen LogP contribution in [0.25, 0.3) is 0 Å². The number of nitrogens with zero attached hydrogens (tertiary/aromatic N) is 2. The van der Waals surface area contributed by atoms with E-state index in [0.29, 0.717) is 34.9 Å². The van der Waals surface area contributed by atoms with Crippen molar-refractivity contribution in [2.45, 2.75) is 45.2 Å². The van der Waals surface area contributed by atoms with Crippen LogP contribution in [0, 0.1) is 11.8 Å². The van der Waals surface area contributed by atoms with Crippen LogP contribution >= 0.6 is 23.2 Å². The van der Waals surface area contributed by atoms with Crippen molar-refractivity contribution in [2.24, 2.45) is 11.8 Å². The van der Waals surface area contributed by atoms with Crippen molar-refractivity contribution in [1.82, 2.24) is 15.1 Å². The Bertz CT molecular complexity index is 903. The highest BCUT2D eigenvalue weighted by Gasteiger charge is 2.47. The fourth-order valence-electron chi connectivity index (χ4n) is 4.38. The lowest BCUT2D eigenvalue weighted by molar-refractivity contribution is -0.144. The fraction of sp³-hybridized carbons (Fsp3) is 0.478. The molecule has 2 aliphatic rings. The Hall–Kier alpha value is -2.38. The lowest BCUT2D eigenvalue weighted by Gasteiger charge is -2.31. The number of likely N-dealkylation sites (tertiary alicyclic amines) is 1. The van der Waals surface area contributed by atoms with E-state index in [4.69, 9.17) is 23.2 Å². The van der Waals surface area contributed by atoms with Gasteiger partial charge in [-0.05, 0) is 31.4 Å². The third-order valence-corrected chi connectivity index (χ3v) is 6.88. The van der Waals surface area contributed by atoms with Gasteiger partial charge in [-0.3, -0.25) is 24.1 Å². The number of nitrogens with one attached hydrogen (secondary N) is 1. The molecule has 1 aliphatic carbocycles. The highest BCUT2D eigenvalue weighted by atomic mass is 35.5. The standard InChI is InChI=1S/C23H27Cl2N3O4/c1-3-19(21(30)26-2)28(13-16-17(24)9-6-10-18(16)25)20(29)11-12-27-22(31)14-7-4-5-8-15(14)23(27)32/h4-6,9-10,14-15,19H,3,7-8,11-13H2,1-2H3,(H,26,30)/t14-,15+,19?. The molecule has 32 heavy (non-hydrogen) atoms. The van der Waals surface area contributed by atoms with Crippen molar-refractivity contribution in [3.8, 4) is 0 Å². The zero-order chi connectivity index (χ0) is 23.4. The number of fused-ring (bicyclic) bond motifs is 1. The molecule has 0 saturated carbocycles. The molecule has 0 bridgehead atoms. The minimum atomic E-state index is -0.739. The molecule has 3 atom stereocenters. The summed E-state index contributed by atoms with van der Waals surface area (Å²) >= 11 is 12.6. The molecule has 172 valence electrons. The fourth-order valence-corrected chi connectivity index (χ4v) is 4.90. The van der Waals surface area contributed by atoms with Crippen LogP contribution in [-0.2, 0) is 25.7 Å². The van der Waals surface area contributed by atoms with Gasteiger partial charge in [0.25, 0.3) is 0 Å². The lowest BCUT2D eigenvalue weighted by atomic mass is 9.85. The minimum Gasteiger partial charge on any atom is -0.357 e. The van der Waals surface area contributed by atoms with Gasteiger partial charge in [-0.1, -0.05) is 48.3 Å². The summed E-state index contributed by atoms with van der Waals surface area (Å²) in [6.07, 6.45) is 5.23. The van der Waals surface area contributed by atoms with E-state index in [1.165, 1.54) is 16.8 Å². The molecule has 1 heterocycles. The maximum absolute atomic E-state index is 13.3. The second-order valence-corrected chi connectivity index (χ2v) is 8.81. The third kappa shape index (κ3) is 4.84. The largest absolute Gasteiger partial charge is 0.357 e. The van der Waals surface area contributed by atoms with Crippen LogP contribution in [0.5, 0.6) is 0 Å². The first-order chi connectivity index (χ1) is 15.3. The van der Waals surface area contributed by atoms with Gasteiger partial charge in [0, 0.05) is 42.2 Å². The van der Waals surface area contributed by atoms with Gasteiger partial charge in [0.1, 0.15) is 6.04 Å². The topological polar surface area (TPSA) is 86.8 Å². The molecule has 0 aromatic heterocycles. The molecule has 9 heteroatoms. The first-order valence-corrected chi connectivity index (χ1v) is 11.5. The van der Waals surface area contributed by atoms with E-state index in [1.54, 1.807) is 25.1 Å². The first kappa shape index (κ1) is 24.3. The number of allylic oxidation sites excluding steroid dienone is 2. The van der Waals surface area contributed by atoms with Gasteiger partial charge < -0.3 is 10.2 Å². The third-order valence-electron chi connectivity index (χ3n) is 6.17. The summed E-state index contributed by atoms with van der Waals surface area (Å²) in [6.45, 7) is 1.83. The van der Waals surface area contributed by atoms with Crippen LogP contribution in [0.4, 0.5) is 0 Å². The SMILES string of the molecule is CCC(C(=O)NC)N(Cc1c(Cl)cccc1Cl)C(=O)CCN1C(=O)[C@H]2CC=CC[C@H]2C1=O. The van der Waals surface area contributed by atoms with Gasteiger partial charge in [-0.25, -0.2) is 0 Å². The Morgan fingerprint density at radius 3 is 2.19 bits per heavy atom. The van der Waals surface area contributed by atoms with E-state index in [1.807, 2.05) is 12.2 Å². The number of imide groups is 1. The molecule has 1 fully saturated rings. The average Bonchev–Trinajstić information content (AvgIpc) is 3.03. The average molecular weight is 480 g/mol. The molecule has 1 aromatic rings. The van der Waals surface area contributed by atoms with Crippen molar-refractivity contribution in [2.75, 3.05) is 13.6 Å². The van der Waals surface area contributed by atoms with Gasteiger partial charge in [0.2, 0.25) is 23.6 Å². The van der Waals surface area contributed by atoms with Crippen molar-refractivity contribution in [3.05, 3.63) is 46.0 Å². The molecule has 7 nitrogen and oxygen atoms in total. The van der Waals surface area contributed by atoms with E-state index < -0.39 is 6.04 Å². The summed E-state index contributed by atoms with van der Waals surface area (Å²) in [5, 5.41) is 3.37. The van der Waals surface area contributed by atoms with Crippen LogP contribution in [0.2, 0.25) is 10.0 Å². The number of carbonyl (C=O) groups excluding carboxylic acids is 4. The smallest absolute Gasteiger partial charge is 0.242 e. The molecule has 1 unspecified atom stereocenters. The number of halogens is 2. The monoisotopic (exact) mass is 479 g/mol. The maximum Gasteiger partial charge on any atom is 0.242 e. The first-order valence-electron chi connectivity index (χ1n) is 10.7. The Balaban J connectivity index is 1.78. The number of carbonyl (C=O) groups is 4. The van der Waals surface area contributed by atoms with Crippen molar-refractivity contribution in [3.63, 3.8) is 0 Å². The molecule has 4 amide bonds. The van der Waals surface area contributed by atoms with Gasteiger partial charge in [-0.15, -0.1) is 0 Å². The number of amides is 4. The Labute approximate surface area is 197 Å². The summed E-state index contributed by atoms with van der Waals surface area (Å²) in [5.41, 5.74) is 0.539.